The Hall–Kier alpha value is -3.41. The Morgan fingerprint density at radius 3 is 2.79 bits per heavy atom. The summed E-state index contributed by atoms with van der Waals surface area (Å²) in [5.41, 5.74) is 2.85. The molecule has 0 bridgehead atoms. The largest absolute Gasteiger partial charge is 0.481 e. The van der Waals surface area contributed by atoms with Gasteiger partial charge in [-0.05, 0) is 54.8 Å². The van der Waals surface area contributed by atoms with Gasteiger partial charge in [-0.3, -0.25) is 9.78 Å². The van der Waals surface area contributed by atoms with Crippen LogP contribution in [0.4, 0.5) is 0 Å². The molecule has 3 aromatic rings. The van der Waals surface area contributed by atoms with E-state index in [4.69, 9.17) is 19.2 Å². The first-order valence-electron chi connectivity index (χ1n) is 9.58. The molecule has 6 heteroatoms. The smallest absolute Gasteiger partial charge is 0.231 e. The number of methoxy groups -OCH3 is 1. The number of Topliss-reactive ketones (excluding diaryl/α,β-unsaturated/α-hetero) is 1. The molecule has 0 spiro atoms. The van der Waals surface area contributed by atoms with Crippen LogP contribution in [0.1, 0.15) is 24.1 Å². The number of ether oxygens (including phenoxy) is 3. The summed E-state index contributed by atoms with van der Waals surface area (Å²) >= 11 is 0. The quantitative estimate of drug-likeness (QED) is 0.641. The maximum absolute atomic E-state index is 13.2. The highest BCUT2D eigenvalue weighted by atomic mass is 16.7. The maximum atomic E-state index is 13.2. The monoisotopic (exact) mass is 388 g/mol. The minimum absolute atomic E-state index is 0.180. The number of rotatable bonds is 6. The molecule has 1 aromatic carbocycles. The normalized spacial score (nSPS) is 15.8. The van der Waals surface area contributed by atoms with Crippen molar-refractivity contribution in [1.82, 2.24) is 9.97 Å². The van der Waals surface area contributed by atoms with E-state index in [1.54, 1.807) is 13.3 Å². The average molecular weight is 388 g/mol. The first-order valence-corrected chi connectivity index (χ1v) is 9.58. The van der Waals surface area contributed by atoms with E-state index < -0.39 is 5.41 Å². The highest BCUT2D eigenvalue weighted by molar-refractivity contribution is 5.94. The summed E-state index contributed by atoms with van der Waals surface area (Å²) in [4.78, 5) is 22.1. The zero-order valence-electron chi connectivity index (χ0n) is 16.1. The fraction of sp³-hybridized carbons (Fsp3) is 0.261. The fourth-order valence-corrected chi connectivity index (χ4v) is 3.86. The molecule has 146 valence electrons. The molecule has 1 fully saturated rings. The van der Waals surface area contributed by atoms with Crippen LogP contribution in [0.3, 0.4) is 0 Å². The van der Waals surface area contributed by atoms with Crippen molar-refractivity contribution in [2.75, 3.05) is 13.9 Å². The summed E-state index contributed by atoms with van der Waals surface area (Å²) in [7, 11) is 1.58. The van der Waals surface area contributed by atoms with Crippen LogP contribution in [0.2, 0.25) is 0 Å². The predicted molar refractivity (Wildman–Crippen MR) is 106 cm³/mol. The molecule has 29 heavy (non-hydrogen) atoms. The van der Waals surface area contributed by atoms with Gasteiger partial charge in [0.25, 0.3) is 0 Å². The molecule has 1 saturated carbocycles. The Kier molecular flexibility index (Phi) is 4.19. The third kappa shape index (κ3) is 3.10. The summed E-state index contributed by atoms with van der Waals surface area (Å²) in [5, 5.41) is 0. The lowest BCUT2D eigenvalue weighted by Gasteiger charge is -2.15. The van der Waals surface area contributed by atoms with Gasteiger partial charge in [0, 0.05) is 18.3 Å². The number of carbonyl (C=O) groups is 1. The summed E-state index contributed by atoms with van der Waals surface area (Å²) in [6.45, 7) is 0.230. The van der Waals surface area contributed by atoms with Crippen molar-refractivity contribution < 1.29 is 19.0 Å². The van der Waals surface area contributed by atoms with Gasteiger partial charge in [-0.2, -0.15) is 0 Å². The highest BCUT2D eigenvalue weighted by Gasteiger charge is 2.50. The molecular formula is C23H20N2O4. The number of pyridine rings is 2. The molecule has 0 radical (unpaired) electrons. The Labute approximate surface area is 168 Å². The first-order chi connectivity index (χ1) is 14.2. The topological polar surface area (TPSA) is 70.5 Å². The fourth-order valence-electron chi connectivity index (χ4n) is 3.86. The minimum atomic E-state index is -0.440. The van der Waals surface area contributed by atoms with Crippen molar-refractivity contribution in [1.29, 1.82) is 0 Å². The predicted octanol–water partition coefficient (Wildman–Crippen LogP) is 3.72. The molecule has 0 atom stereocenters. The van der Waals surface area contributed by atoms with Crippen LogP contribution >= 0.6 is 0 Å². The lowest BCUT2D eigenvalue weighted by Crippen LogP contribution is -2.23. The van der Waals surface area contributed by atoms with Crippen molar-refractivity contribution in [3.05, 3.63) is 66.0 Å². The van der Waals surface area contributed by atoms with Crippen molar-refractivity contribution in [3.63, 3.8) is 0 Å². The van der Waals surface area contributed by atoms with E-state index in [0.717, 1.165) is 41.1 Å². The van der Waals surface area contributed by atoms with Crippen LogP contribution in [0.5, 0.6) is 17.4 Å². The number of benzene rings is 1. The molecule has 3 heterocycles. The van der Waals surface area contributed by atoms with Gasteiger partial charge in [-0.25, -0.2) is 4.98 Å². The lowest BCUT2D eigenvalue weighted by molar-refractivity contribution is -0.120. The Morgan fingerprint density at radius 2 is 1.97 bits per heavy atom. The third-order valence-electron chi connectivity index (χ3n) is 5.60. The molecule has 0 N–H and O–H groups in total. The number of fused-ring (bicyclic) bond motifs is 1. The van der Waals surface area contributed by atoms with Gasteiger partial charge in [0.1, 0.15) is 5.78 Å². The first kappa shape index (κ1) is 17.7. The Bertz CT molecular complexity index is 1090. The van der Waals surface area contributed by atoms with Crippen molar-refractivity contribution in [2.24, 2.45) is 0 Å². The number of ketones is 1. The van der Waals surface area contributed by atoms with Gasteiger partial charge < -0.3 is 14.2 Å². The van der Waals surface area contributed by atoms with Crippen molar-refractivity contribution in [2.45, 2.75) is 24.7 Å². The molecule has 5 rings (SSSR count). The Balaban J connectivity index is 1.40. The zero-order chi connectivity index (χ0) is 19.8. The lowest BCUT2D eigenvalue weighted by atomic mass is 9.88. The van der Waals surface area contributed by atoms with Gasteiger partial charge in [0.15, 0.2) is 11.5 Å². The van der Waals surface area contributed by atoms with Gasteiger partial charge in [0.05, 0.1) is 23.8 Å². The summed E-state index contributed by atoms with van der Waals surface area (Å²) < 4.78 is 16.2. The van der Waals surface area contributed by atoms with Crippen LogP contribution in [0.15, 0.2) is 54.7 Å². The molecule has 1 aliphatic heterocycles. The standard InChI is InChI=1S/C23H20N2O4/c1-27-22-17(5-3-11-24-22)18-6-2-4-16(25-18)13-21(26)23(9-10-23)15-7-8-19-20(12-15)29-14-28-19/h2-8,11-12H,9-10,13-14H2,1H3. The maximum Gasteiger partial charge on any atom is 0.231 e. The summed E-state index contributed by atoms with van der Waals surface area (Å²) in [5.74, 6) is 2.14. The van der Waals surface area contributed by atoms with Crippen LogP contribution in [0, 0.1) is 0 Å². The SMILES string of the molecule is COc1ncccc1-c1cccc(CC(=O)C2(c3ccc4c(c3)OCO4)CC2)n1. The second-order valence-corrected chi connectivity index (χ2v) is 7.32. The molecule has 1 aliphatic carbocycles. The van der Waals surface area contributed by atoms with Gasteiger partial charge >= 0.3 is 0 Å². The van der Waals surface area contributed by atoms with E-state index in [0.29, 0.717) is 11.6 Å². The van der Waals surface area contributed by atoms with E-state index in [-0.39, 0.29) is 19.0 Å². The molecule has 0 amide bonds. The van der Waals surface area contributed by atoms with E-state index in [1.165, 1.54) is 0 Å². The van der Waals surface area contributed by atoms with Crippen LogP contribution in [-0.4, -0.2) is 29.7 Å². The molecular weight excluding hydrogens is 368 g/mol. The van der Waals surface area contributed by atoms with E-state index in [1.807, 2.05) is 48.5 Å². The van der Waals surface area contributed by atoms with E-state index in [9.17, 15) is 4.79 Å². The molecule has 6 nitrogen and oxygen atoms in total. The van der Waals surface area contributed by atoms with Crippen LogP contribution in [-0.2, 0) is 16.6 Å². The number of aromatic nitrogens is 2. The zero-order valence-corrected chi connectivity index (χ0v) is 16.1. The molecule has 0 saturated heterocycles. The van der Waals surface area contributed by atoms with E-state index in [2.05, 4.69) is 4.98 Å². The van der Waals surface area contributed by atoms with Crippen LogP contribution in [0.25, 0.3) is 11.3 Å². The second kappa shape index (κ2) is 6.88. The number of nitrogens with zero attached hydrogens (tertiary/aromatic N) is 2. The van der Waals surface area contributed by atoms with Gasteiger partial charge in [-0.15, -0.1) is 0 Å². The number of hydrogen-bond acceptors (Lipinski definition) is 6. The van der Waals surface area contributed by atoms with Crippen molar-refractivity contribution >= 4 is 5.78 Å². The van der Waals surface area contributed by atoms with Crippen molar-refractivity contribution in [3.8, 4) is 28.6 Å². The molecule has 2 aliphatic rings. The Morgan fingerprint density at radius 1 is 1.10 bits per heavy atom. The second-order valence-electron chi connectivity index (χ2n) is 7.32. The average Bonchev–Trinajstić information content (AvgIpc) is 3.45. The van der Waals surface area contributed by atoms with Crippen LogP contribution < -0.4 is 14.2 Å². The minimum Gasteiger partial charge on any atom is -0.481 e. The molecule has 0 unspecified atom stereocenters. The number of carbonyl (C=O) groups excluding carboxylic acids is 1. The van der Waals surface area contributed by atoms with Gasteiger partial charge in [-0.1, -0.05) is 12.1 Å². The third-order valence-corrected chi connectivity index (χ3v) is 5.60. The summed E-state index contributed by atoms with van der Waals surface area (Å²) in [6, 6.07) is 15.3. The number of hydrogen-bond donors (Lipinski definition) is 0. The van der Waals surface area contributed by atoms with E-state index >= 15 is 0 Å². The highest BCUT2D eigenvalue weighted by Crippen LogP contribution is 2.51. The summed E-state index contributed by atoms with van der Waals surface area (Å²) in [6.07, 6.45) is 3.66. The van der Waals surface area contributed by atoms with Gasteiger partial charge in [0.2, 0.25) is 12.7 Å². The molecule has 2 aromatic heterocycles.